The molecule has 1 amide bonds. The summed E-state index contributed by atoms with van der Waals surface area (Å²) in [4.78, 5) is 11.6. The average molecular weight is 271 g/mol. The summed E-state index contributed by atoms with van der Waals surface area (Å²) < 4.78 is 0.771. The first-order valence-corrected chi connectivity index (χ1v) is 5.37. The number of rotatable bonds is 2. The quantitative estimate of drug-likeness (QED) is 0.664. The van der Waals surface area contributed by atoms with Crippen LogP contribution < -0.4 is 5.32 Å². The molecular formula is C9H7BrN2OS. The van der Waals surface area contributed by atoms with Crippen molar-refractivity contribution in [3.05, 3.63) is 22.7 Å². The van der Waals surface area contributed by atoms with E-state index in [0.29, 0.717) is 5.69 Å². The Morgan fingerprint density at radius 1 is 1.64 bits per heavy atom. The van der Waals surface area contributed by atoms with Crippen molar-refractivity contribution in [1.82, 2.24) is 0 Å². The van der Waals surface area contributed by atoms with E-state index >= 15 is 0 Å². The predicted molar refractivity (Wildman–Crippen MR) is 59.9 cm³/mol. The molecule has 0 unspecified atom stereocenters. The summed E-state index contributed by atoms with van der Waals surface area (Å²) in [5, 5.41) is 13.1. The molecule has 0 aromatic heterocycles. The number of benzene rings is 1. The summed E-state index contributed by atoms with van der Waals surface area (Å²) in [5.74, 6) is -0.119. The molecule has 3 nitrogen and oxygen atoms in total. The number of amides is 1. The number of carbonyl (C=O) groups excluding carboxylic acids is 1. The molecule has 0 atom stereocenters. The maximum Gasteiger partial charge on any atom is 0.221 e. The maximum atomic E-state index is 10.8. The lowest BCUT2D eigenvalue weighted by molar-refractivity contribution is -0.114. The SMILES string of the molecule is CC(=O)Nc1ccc(SC#N)cc1Br. The Balaban J connectivity index is 2.90. The summed E-state index contributed by atoms with van der Waals surface area (Å²) in [5.41, 5.74) is 0.708. The van der Waals surface area contributed by atoms with E-state index in [-0.39, 0.29) is 5.91 Å². The van der Waals surface area contributed by atoms with Gasteiger partial charge in [-0.05, 0) is 45.9 Å². The Kier molecular flexibility index (Phi) is 3.98. The minimum atomic E-state index is -0.119. The second kappa shape index (κ2) is 5.03. The predicted octanol–water partition coefficient (Wildman–Crippen LogP) is 2.98. The van der Waals surface area contributed by atoms with Crippen LogP contribution in [0.25, 0.3) is 0 Å². The van der Waals surface area contributed by atoms with E-state index in [2.05, 4.69) is 21.2 Å². The monoisotopic (exact) mass is 270 g/mol. The fourth-order valence-corrected chi connectivity index (χ4v) is 1.95. The molecule has 0 saturated carbocycles. The summed E-state index contributed by atoms with van der Waals surface area (Å²) in [7, 11) is 0. The van der Waals surface area contributed by atoms with Gasteiger partial charge in [-0.2, -0.15) is 5.26 Å². The van der Waals surface area contributed by atoms with Gasteiger partial charge in [-0.1, -0.05) is 0 Å². The van der Waals surface area contributed by atoms with E-state index < -0.39 is 0 Å². The molecule has 0 bridgehead atoms. The molecule has 1 aromatic carbocycles. The lowest BCUT2D eigenvalue weighted by Gasteiger charge is -2.05. The van der Waals surface area contributed by atoms with Crippen molar-refractivity contribution in [1.29, 1.82) is 5.26 Å². The lowest BCUT2D eigenvalue weighted by atomic mass is 10.3. The van der Waals surface area contributed by atoms with E-state index in [0.717, 1.165) is 21.1 Å². The topological polar surface area (TPSA) is 52.9 Å². The highest BCUT2D eigenvalue weighted by Gasteiger charge is 2.02. The van der Waals surface area contributed by atoms with Crippen molar-refractivity contribution in [3.8, 4) is 5.40 Å². The van der Waals surface area contributed by atoms with Crippen LogP contribution in [0.2, 0.25) is 0 Å². The number of nitriles is 1. The molecule has 0 aliphatic carbocycles. The fraction of sp³-hybridized carbons (Fsp3) is 0.111. The number of halogens is 1. The van der Waals surface area contributed by atoms with Crippen molar-refractivity contribution in [2.45, 2.75) is 11.8 Å². The van der Waals surface area contributed by atoms with Gasteiger partial charge in [0, 0.05) is 16.3 Å². The van der Waals surface area contributed by atoms with Gasteiger partial charge < -0.3 is 5.32 Å². The number of hydrogen-bond acceptors (Lipinski definition) is 3. The molecule has 72 valence electrons. The van der Waals surface area contributed by atoms with Crippen LogP contribution in [0.4, 0.5) is 5.69 Å². The van der Waals surface area contributed by atoms with E-state index in [9.17, 15) is 4.79 Å². The molecular weight excluding hydrogens is 264 g/mol. The number of nitrogens with zero attached hydrogens (tertiary/aromatic N) is 1. The third-order valence-corrected chi connectivity index (χ3v) is 2.65. The van der Waals surface area contributed by atoms with E-state index in [1.54, 1.807) is 18.2 Å². The number of thioether (sulfide) groups is 1. The summed E-state index contributed by atoms with van der Waals surface area (Å²) >= 11 is 4.39. The molecule has 0 radical (unpaired) electrons. The zero-order valence-electron chi connectivity index (χ0n) is 7.37. The van der Waals surface area contributed by atoms with Gasteiger partial charge in [-0.25, -0.2) is 0 Å². The zero-order chi connectivity index (χ0) is 10.6. The van der Waals surface area contributed by atoms with Gasteiger partial charge in [0.2, 0.25) is 5.91 Å². The van der Waals surface area contributed by atoms with Crippen molar-refractivity contribution >= 4 is 39.3 Å². The van der Waals surface area contributed by atoms with Gasteiger partial charge >= 0.3 is 0 Å². The summed E-state index contributed by atoms with van der Waals surface area (Å²) in [6.45, 7) is 1.45. The van der Waals surface area contributed by atoms with Gasteiger partial charge in [0.05, 0.1) is 5.69 Å². The minimum Gasteiger partial charge on any atom is -0.325 e. The largest absolute Gasteiger partial charge is 0.325 e. The van der Waals surface area contributed by atoms with Gasteiger partial charge in [-0.15, -0.1) is 0 Å². The molecule has 0 fully saturated rings. The Bertz CT molecular complexity index is 400. The van der Waals surface area contributed by atoms with Crippen LogP contribution in [0.3, 0.4) is 0 Å². The van der Waals surface area contributed by atoms with E-state index in [1.807, 2.05) is 5.40 Å². The van der Waals surface area contributed by atoms with Gasteiger partial charge in [0.1, 0.15) is 5.40 Å². The zero-order valence-corrected chi connectivity index (χ0v) is 9.78. The lowest BCUT2D eigenvalue weighted by Crippen LogP contribution is -2.06. The molecule has 5 heteroatoms. The molecule has 1 N–H and O–H groups in total. The first-order valence-electron chi connectivity index (χ1n) is 3.76. The highest BCUT2D eigenvalue weighted by molar-refractivity contribution is 9.10. The molecule has 1 rings (SSSR count). The van der Waals surface area contributed by atoms with Crippen molar-refractivity contribution in [3.63, 3.8) is 0 Å². The Morgan fingerprint density at radius 2 is 2.36 bits per heavy atom. The normalized spacial score (nSPS) is 9.21. The Labute approximate surface area is 94.6 Å². The van der Waals surface area contributed by atoms with Crippen molar-refractivity contribution < 1.29 is 4.79 Å². The molecule has 1 aromatic rings. The van der Waals surface area contributed by atoms with Crippen LogP contribution in [-0.2, 0) is 4.79 Å². The van der Waals surface area contributed by atoms with Gasteiger partial charge in [-0.3, -0.25) is 4.79 Å². The third-order valence-electron chi connectivity index (χ3n) is 1.41. The molecule has 14 heavy (non-hydrogen) atoms. The summed E-state index contributed by atoms with van der Waals surface area (Å²) in [6, 6.07) is 5.33. The second-order valence-electron chi connectivity index (χ2n) is 2.52. The number of thiocyanates is 1. The average Bonchev–Trinajstić information content (AvgIpc) is 2.10. The Hall–Kier alpha value is -0.990. The van der Waals surface area contributed by atoms with Crippen LogP contribution in [0.15, 0.2) is 27.6 Å². The Morgan fingerprint density at radius 3 is 2.86 bits per heavy atom. The third kappa shape index (κ3) is 3.05. The van der Waals surface area contributed by atoms with Gasteiger partial charge in [0.15, 0.2) is 0 Å². The smallest absolute Gasteiger partial charge is 0.221 e. The number of carbonyl (C=O) groups is 1. The van der Waals surface area contributed by atoms with Crippen LogP contribution in [0.1, 0.15) is 6.92 Å². The molecule has 0 aliphatic rings. The first-order chi connectivity index (χ1) is 6.63. The molecule has 0 aliphatic heterocycles. The number of hydrogen-bond donors (Lipinski definition) is 1. The first kappa shape index (κ1) is 11.1. The number of nitrogens with one attached hydrogen (secondary N) is 1. The highest BCUT2D eigenvalue weighted by Crippen LogP contribution is 2.28. The minimum absolute atomic E-state index is 0.119. The van der Waals surface area contributed by atoms with Crippen LogP contribution in [-0.4, -0.2) is 5.91 Å². The summed E-state index contributed by atoms with van der Waals surface area (Å²) in [6.07, 6.45) is 0. The van der Waals surface area contributed by atoms with Crippen molar-refractivity contribution in [2.24, 2.45) is 0 Å². The van der Waals surface area contributed by atoms with Crippen molar-refractivity contribution in [2.75, 3.05) is 5.32 Å². The molecule has 0 heterocycles. The number of anilines is 1. The van der Waals surface area contributed by atoms with Gasteiger partial charge in [0.25, 0.3) is 0 Å². The highest BCUT2D eigenvalue weighted by atomic mass is 79.9. The maximum absolute atomic E-state index is 10.8. The van der Waals surface area contributed by atoms with Crippen LogP contribution >= 0.6 is 27.7 Å². The van der Waals surface area contributed by atoms with Crippen LogP contribution in [0.5, 0.6) is 0 Å². The standard InChI is InChI=1S/C9H7BrN2OS/c1-6(13)12-9-3-2-7(14-5-11)4-8(9)10/h2-4H,1H3,(H,12,13). The van der Waals surface area contributed by atoms with Crippen LogP contribution in [0, 0.1) is 10.7 Å². The molecule has 0 saturated heterocycles. The fourth-order valence-electron chi connectivity index (χ4n) is 0.903. The van der Waals surface area contributed by atoms with E-state index in [1.165, 1.54) is 6.92 Å². The second-order valence-corrected chi connectivity index (χ2v) is 4.23. The van der Waals surface area contributed by atoms with E-state index in [4.69, 9.17) is 5.26 Å². The molecule has 0 spiro atoms.